The van der Waals surface area contributed by atoms with Gasteiger partial charge in [0, 0.05) is 25.7 Å². The lowest BCUT2D eigenvalue weighted by Gasteiger charge is -2.48. The first-order chi connectivity index (χ1) is 12.8. The molecule has 7 heteroatoms. The van der Waals surface area contributed by atoms with Crippen LogP contribution in [-0.4, -0.2) is 78.3 Å². The Balaban J connectivity index is 1.74. The molecule has 2 aliphatic heterocycles. The molecule has 1 aromatic carbocycles. The molecule has 0 bridgehead atoms. The maximum atomic E-state index is 12.9. The molecule has 146 valence electrons. The van der Waals surface area contributed by atoms with Gasteiger partial charge in [-0.15, -0.1) is 0 Å². The number of fused-ring (bicyclic) bond motifs is 1. The molecule has 2 fully saturated rings. The number of carbonyl (C=O) groups excluding carboxylic acids is 3. The number of ether oxygens (including phenoxy) is 1. The molecule has 0 spiro atoms. The molecule has 2 aliphatic rings. The van der Waals surface area contributed by atoms with E-state index >= 15 is 0 Å². The number of hydrogen-bond acceptors (Lipinski definition) is 4. The number of methoxy groups -OCH3 is 1. The van der Waals surface area contributed by atoms with Crippen molar-refractivity contribution in [2.75, 3.05) is 33.8 Å². The first-order valence-corrected chi connectivity index (χ1v) is 9.34. The average Bonchev–Trinajstić information content (AvgIpc) is 2.68. The second-order valence-electron chi connectivity index (χ2n) is 7.62. The molecule has 0 aliphatic carbocycles. The number of amides is 3. The fourth-order valence-electron chi connectivity index (χ4n) is 3.81. The van der Waals surface area contributed by atoms with Gasteiger partial charge in [-0.1, -0.05) is 13.8 Å². The maximum Gasteiger partial charge on any atom is 0.254 e. The topological polar surface area (TPSA) is 70.2 Å². The van der Waals surface area contributed by atoms with Gasteiger partial charge in [-0.3, -0.25) is 14.4 Å². The van der Waals surface area contributed by atoms with E-state index in [1.54, 1.807) is 53.1 Å². The van der Waals surface area contributed by atoms with E-state index in [-0.39, 0.29) is 24.3 Å². The summed E-state index contributed by atoms with van der Waals surface area (Å²) in [7, 11) is 3.26. The fraction of sp³-hybridized carbons (Fsp3) is 0.550. The molecular formula is C20H27N3O4. The van der Waals surface area contributed by atoms with Crippen LogP contribution in [0, 0.1) is 5.92 Å². The van der Waals surface area contributed by atoms with Gasteiger partial charge < -0.3 is 19.4 Å². The summed E-state index contributed by atoms with van der Waals surface area (Å²) in [4.78, 5) is 43.4. The highest BCUT2D eigenvalue weighted by atomic mass is 16.5. The Bertz CT molecular complexity index is 731. The van der Waals surface area contributed by atoms with Crippen LogP contribution in [0.2, 0.25) is 0 Å². The summed E-state index contributed by atoms with van der Waals surface area (Å²) in [6.07, 6.45) is 0.652. The van der Waals surface area contributed by atoms with Gasteiger partial charge in [0.1, 0.15) is 17.8 Å². The molecule has 3 rings (SSSR count). The van der Waals surface area contributed by atoms with E-state index < -0.39 is 12.1 Å². The molecule has 2 atom stereocenters. The van der Waals surface area contributed by atoms with Crippen molar-refractivity contribution >= 4 is 17.7 Å². The molecular weight excluding hydrogens is 346 g/mol. The molecule has 2 heterocycles. The summed E-state index contributed by atoms with van der Waals surface area (Å²) in [5, 5.41) is 0. The first kappa shape index (κ1) is 19.2. The van der Waals surface area contributed by atoms with Gasteiger partial charge in [0.05, 0.1) is 13.7 Å². The van der Waals surface area contributed by atoms with E-state index in [0.717, 1.165) is 0 Å². The Morgan fingerprint density at radius 1 is 1.15 bits per heavy atom. The van der Waals surface area contributed by atoms with Crippen LogP contribution in [0.25, 0.3) is 0 Å². The highest BCUT2D eigenvalue weighted by Crippen LogP contribution is 2.25. The van der Waals surface area contributed by atoms with Crippen LogP contribution in [-0.2, 0) is 9.59 Å². The van der Waals surface area contributed by atoms with E-state index in [1.165, 1.54) is 0 Å². The van der Waals surface area contributed by atoms with E-state index in [1.807, 2.05) is 13.8 Å². The summed E-state index contributed by atoms with van der Waals surface area (Å²) in [5.74, 6) is 0.773. The minimum atomic E-state index is -0.595. The van der Waals surface area contributed by atoms with Gasteiger partial charge in [-0.2, -0.15) is 0 Å². The Hall–Kier alpha value is -2.57. The third-order valence-electron chi connectivity index (χ3n) is 5.37. The van der Waals surface area contributed by atoms with Crippen molar-refractivity contribution in [1.82, 2.24) is 14.7 Å². The molecule has 0 radical (unpaired) electrons. The number of piperazine rings is 2. The molecule has 3 amide bonds. The molecule has 7 nitrogen and oxygen atoms in total. The van der Waals surface area contributed by atoms with Crippen LogP contribution >= 0.6 is 0 Å². The Kier molecular flexibility index (Phi) is 5.39. The Labute approximate surface area is 159 Å². The SMILES string of the molecule is COc1ccc(C(=O)N2CCN3C(=O)[C@H](CC(C)C)N(C)C(=O)[C@H]3C2)cc1. The van der Waals surface area contributed by atoms with Crippen LogP contribution in [0.5, 0.6) is 5.75 Å². The lowest BCUT2D eigenvalue weighted by molar-refractivity contribution is -0.163. The number of likely N-dealkylation sites (N-methyl/N-ethyl adjacent to an activating group) is 1. The van der Waals surface area contributed by atoms with Gasteiger partial charge >= 0.3 is 0 Å². The second kappa shape index (κ2) is 7.58. The summed E-state index contributed by atoms with van der Waals surface area (Å²) in [6, 6.07) is 5.91. The highest BCUT2D eigenvalue weighted by molar-refractivity contribution is 5.99. The van der Waals surface area contributed by atoms with Crippen molar-refractivity contribution in [3.05, 3.63) is 29.8 Å². The minimum absolute atomic E-state index is 0.00709. The zero-order valence-corrected chi connectivity index (χ0v) is 16.3. The minimum Gasteiger partial charge on any atom is -0.497 e. The number of carbonyl (C=O) groups is 3. The van der Waals surface area contributed by atoms with Gasteiger partial charge in [-0.25, -0.2) is 0 Å². The predicted molar refractivity (Wildman–Crippen MR) is 100 cm³/mol. The molecule has 2 saturated heterocycles. The Morgan fingerprint density at radius 2 is 1.81 bits per heavy atom. The number of hydrogen-bond donors (Lipinski definition) is 0. The Morgan fingerprint density at radius 3 is 2.41 bits per heavy atom. The van der Waals surface area contributed by atoms with Crippen molar-refractivity contribution in [2.45, 2.75) is 32.4 Å². The molecule has 1 aromatic rings. The number of rotatable bonds is 4. The standard InChI is InChI=1S/C20H27N3O4/c1-13(2)11-16-20(26)23-10-9-22(12-17(23)19(25)21(16)3)18(24)14-5-7-15(27-4)8-6-14/h5-8,13,16-17H,9-12H2,1-4H3/t16-,17+/m0/s1. The normalized spacial score (nSPS) is 22.9. The zero-order valence-electron chi connectivity index (χ0n) is 16.3. The van der Waals surface area contributed by atoms with E-state index in [0.29, 0.717) is 36.7 Å². The lowest BCUT2D eigenvalue weighted by Crippen LogP contribution is -2.69. The smallest absolute Gasteiger partial charge is 0.254 e. The first-order valence-electron chi connectivity index (χ1n) is 9.34. The van der Waals surface area contributed by atoms with Gasteiger partial charge in [-0.05, 0) is 36.6 Å². The van der Waals surface area contributed by atoms with Crippen molar-refractivity contribution in [1.29, 1.82) is 0 Å². The third-order valence-corrected chi connectivity index (χ3v) is 5.37. The van der Waals surface area contributed by atoms with Crippen molar-refractivity contribution in [3.8, 4) is 5.75 Å². The highest BCUT2D eigenvalue weighted by Gasteiger charge is 2.47. The molecule has 0 N–H and O–H groups in total. The van der Waals surface area contributed by atoms with Crippen molar-refractivity contribution < 1.29 is 19.1 Å². The average molecular weight is 373 g/mol. The largest absolute Gasteiger partial charge is 0.497 e. The van der Waals surface area contributed by atoms with Crippen LogP contribution in [0.4, 0.5) is 0 Å². The van der Waals surface area contributed by atoms with E-state index in [9.17, 15) is 14.4 Å². The lowest BCUT2D eigenvalue weighted by atomic mass is 9.95. The van der Waals surface area contributed by atoms with Gasteiger partial charge in [0.2, 0.25) is 11.8 Å². The van der Waals surface area contributed by atoms with E-state index in [4.69, 9.17) is 4.74 Å². The molecule has 27 heavy (non-hydrogen) atoms. The van der Waals surface area contributed by atoms with Crippen LogP contribution in [0.15, 0.2) is 24.3 Å². The van der Waals surface area contributed by atoms with E-state index in [2.05, 4.69) is 0 Å². The van der Waals surface area contributed by atoms with Crippen molar-refractivity contribution in [3.63, 3.8) is 0 Å². The predicted octanol–water partition coefficient (Wildman–Crippen LogP) is 1.23. The number of benzene rings is 1. The monoisotopic (exact) mass is 373 g/mol. The van der Waals surface area contributed by atoms with Crippen LogP contribution < -0.4 is 4.74 Å². The number of nitrogens with zero attached hydrogens (tertiary/aromatic N) is 3. The van der Waals surface area contributed by atoms with Gasteiger partial charge in [0.15, 0.2) is 0 Å². The quantitative estimate of drug-likeness (QED) is 0.796. The fourth-order valence-corrected chi connectivity index (χ4v) is 3.81. The second-order valence-corrected chi connectivity index (χ2v) is 7.62. The molecule has 0 aromatic heterocycles. The summed E-state index contributed by atoms with van der Waals surface area (Å²) in [6.45, 7) is 5.14. The summed E-state index contributed by atoms with van der Waals surface area (Å²) >= 11 is 0. The van der Waals surface area contributed by atoms with Crippen molar-refractivity contribution in [2.24, 2.45) is 5.92 Å². The molecule has 0 unspecified atom stereocenters. The maximum absolute atomic E-state index is 12.9. The summed E-state index contributed by atoms with van der Waals surface area (Å²) < 4.78 is 5.12. The van der Waals surface area contributed by atoms with Gasteiger partial charge in [0.25, 0.3) is 5.91 Å². The molecule has 0 saturated carbocycles. The van der Waals surface area contributed by atoms with Crippen LogP contribution in [0.3, 0.4) is 0 Å². The zero-order chi connectivity index (χ0) is 19.7. The van der Waals surface area contributed by atoms with Crippen LogP contribution in [0.1, 0.15) is 30.6 Å². The summed E-state index contributed by atoms with van der Waals surface area (Å²) in [5.41, 5.74) is 0.546. The third kappa shape index (κ3) is 3.63.